The Morgan fingerprint density at radius 3 is 2.92 bits per heavy atom. The minimum absolute atomic E-state index is 0.0552. The topological polar surface area (TPSA) is 90.7 Å². The van der Waals surface area contributed by atoms with Gasteiger partial charge < -0.3 is 9.15 Å². The number of aromatic nitrogens is 4. The fraction of sp³-hybridized carbons (Fsp3) is 0.385. The summed E-state index contributed by atoms with van der Waals surface area (Å²) in [5.41, 5.74) is 4.42. The summed E-state index contributed by atoms with van der Waals surface area (Å²) < 4.78 is 15.8. The number of hydrogen-bond acceptors (Lipinski definition) is 7. The molecule has 5 rings (SSSR count). The molecular formula is C26H29ClN6O3. The molecule has 1 saturated heterocycles. The van der Waals surface area contributed by atoms with Crippen LogP contribution in [0, 0.1) is 0 Å². The maximum atomic E-state index is 13.6. The third-order valence-corrected chi connectivity index (χ3v) is 7.09. The largest absolute Gasteiger partial charge is 0.452 e. The zero-order valence-corrected chi connectivity index (χ0v) is 21.6. The van der Waals surface area contributed by atoms with Gasteiger partial charge in [0.1, 0.15) is 16.8 Å². The molecule has 188 valence electrons. The van der Waals surface area contributed by atoms with Crippen LogP contribution < -0.4 is 5.69 Å². The normalized spacial score (nSPS) is 18.8. The fourth-order valence-electron chi connectivity index (χ4n) is 4.95. The van der Waals surface area contributed by atoms with Crippen LogP contribution in [0.1, 0.15) is 44.8 Å². The van der Waals surface area contributed by atoms with E-state index in [1.165, 1.54) is 0 Å². The molecule has 9 nitrogen and oxygen atoms in total. The van der Waals surface area contributed by atoms with Crippen molar-refractivity contribution < 1.29 is 9.15 Å². The first-order chi connectivity index (χ1) is 17.3. The third kappa shape index (κ3) is 4.22. The molecule has 4 heterocycles. The molecule has 1 aromatic carbocycles. The number of hydrazone groups is 1. The van der Waals surface area contributed by atoms with Gasteiger partial charge in [0.25, 0.3) is 0 Å². The van der Waals surface area contributed by atoms with Crippen molar-refractivity contribution in [3.05, 3.63) is 51.9 Å². The molecular weight excluding hydrogens is 480 g/mol. The third-order valence-electron chi connectivity index (χ3n) is 6.77. The predicted molar refractivity (Wildman–Crippen MR) is 142 cm³/mol. The van der Waals surface area contributed by atoms with Gasteiger partial charge in [-0.1, -0.05) is 18.5 Å². The molecule has 0 amide bonds. The van der Waals surface area contributed by atoms with Crippen molar-refractivity contribution in [1.82, 2.24) is 24.3 Å². The van der Waals surface area contributed by atoms with Gasteiger partial charge in [0.05, 0.1) is 17.3 Å². The number of furan rings is 1. The van der Waals surface area contributed by atoms with Crippen LogP contribution in [-0.4, -0.2) is 50.8 Å². The minimum atomic E-state index is -0.318. The van der Waals surface area contributed by atoms with Crippen molar-refractivity contribution in [2.75, 3.05) is 13.7 Å². The Morgan fingerprint density at radius 1 is 1.42 bits per heavy atom. The fourth-order valence-corrected chi connectivity index (χ4v) is 5.21. The van der Waals surface area contributed by atoms with Crippen LogP contribution in [0.5, 0.6) is 0 Å². The Balaban J connectivity index is 1.83. The number of allylic oxidation sites excluding steroid dienone is 1. The molecule has 0 bridgehead atoms. The molecule has 2 atom stereocenters. The van der Waals surface area contributed by atoms with E-state index >= 15 is 0 Å². The van der Waals surface area contributed by atoms with Crippen molar-refractivity contribution >= 4 is 46.0 Å². The second-order valence-corrected chi connectivity index (χ2v) is 9.64. The van der Waals surface area contributed by atoms with Gasteiger partial charge in [0.15, 0.2) is 5.58 Å². The molecule has 4 aromatic rings. The summed E-state index contributed by atoms with van der Waals surface area (Å²) in [4.78, 5) is 18.1. The van der Waals surface area contributed by atoms with Crippen molar-refractivity contribution in [2.45, 2.75) is 45.3 Å². The van der Waals surface area contributed by atoms with Crippen LogP contribution in [0.3, 0.4) is 0 Å². The SMILES string of the molecule is C=NN(C)/C=C(\C)c1nc(=O)n([C@H]2CCO[C@@H](CC)C2)c2c1oc1cc(Cl)c(-c3cnn(C)c3)cc12. The van der Waals surface area contributed by atoms with E-state index < -0.39 is 0 Å². The van der Waals surface area contributed by atoms with E-state index in [1.807, 2.05) is 26.2 Å². The van der Waals surface area contributed by atoms with Crippen LogP contribution in [0.4, 0.5) is 0 Å². The molecule has 1 aliphatic heterocycles. The summed E-state index contributed by atoms with van der Waals surface area (Å²) in [7, 11) is 3.62. The van der Waals surface area contributed by atoms with Crippen LogP contribution in [-0.2, 0) is 11.8 Å². The van der Waals surface area contributed by atoms with Crippen molar-refractivity contribution in [3.63, 3.8) is 0 Å². The first kappa shape index (κ1) is 24.3. The lowest BCUT2D eigenvalue weighted by atomic mass is 10.00. The number of halogens is 1. The zero-order valence-electron chi connectivity index (χ0n) is 20.9. The summed E-state index contributed by atoms with van der Waals surface area (Å²) in [5, 5.41) is 11.1. The van der Waals surface area contributed by atoms with Gasteiger partial charge in [-0.05, 0) is 37.8 Å². The lowest BCUT2D eigenvalue weighted by molar-refractivity contribution is -0.00711. The van der Waals surface area contributed by atoms with Crippen LogP contribution in [0.25, 0.3) is 38.8 Å². The van der Waals surface area contributed by atoms with Crippen LogP contribution in [0.15, 0.2) is 45.0 Å². The van der Waals surface area contributed by atoms with E-state index in [0.29, 0.717) is 34.0 Å². The smallest absolute Gasteiger partial charge is 0.349 e. The first-order valence-corrected chi connectivity index (χ1v) is 12.4. The molecule has 10 heteroatoms. The minimum Gasteiger partial charge on any atom is -0.452 e. The van der Waals surface area contributed by atoms with E-state index in [-0.39, 0.29) is 17.8 Å². The van der Waals surface area contributed by atoms with Gasteiger partial charge in [-0.15, -0.1) is 0 Å². The van der Waals surface area contributed by atoms with Crippen LogP contribution in [0.2, 0.25) is 5.02 Å². The highest BCUT2D eigenvalue weighted by Crippen LogP contribution is 2.40. The Kier molecular flexibility index (Phi) is 6.44. The van der Waals surface area contributed by atoms with E-state index in [0.717, 1.165) is 41.3 Å². The molecule has 3 aromatic heterocycles. The van der Waals surface area contributed by atoms with Crippen LogP contribution >= 0.6 is 11.6 Å². The predicted octanol–water partition coefficient (Wildman–Crippen LogP) is 5.23. The number of benzene rings is 1. The van der Waals surface area contributed by atoms with E-state index in [9.17, 15) is 4.79 Å². The second-order valence-electron chi connectivity index (χ2n) is 9.23. The quantitative estimate of drug-likeness (QED) is 0.261. The average Bonchev–Trinajstić information content (AvgIpc) is 3.45. The highest BCUT2D eigenvalue weighted by atomic mass is 35.5. The average molecular weight is 509 g/mol. The zero-order chi connectivity index (χ0) is 25.6. The molecule has 0 spiro atoms. The Labute approximate surface area is 213 Å². The molecule has 0 unspecified atom stereocenters. The lowest BCUT2D eigenvalue weighted by Crippen LogP contribution is -2.34. The monoisotopic (exact) mass is 508 g/mol. The van der Waals surface area contributed by atoms with Gasteiger partial charge in [-0.2, -0.15) is 15.2 Å². The maximum Gasteiger partial charge on any atom is 0.349 e. The van der Waals surface area contributed by atoms with E-state index in [2.05, 4.69) is 28.8 Å². The van der Waals surface area contributed by atoms with Crippen molar-refractivity contribution in [3.8, 4) is 11.1 Å². The Bertz CT molecular complexity index is 1550. The number of fused-ring (bicyclic) bond motifs is 3. The standard InChI is InChI=1S/C26H29ClN6O3/c1-6-18-9-17(7-8-35-18)33-24-20-10-19(16-12-29-32(5)14-16)21(27)11-22(20)36-25(24)23(30-26(33)34)15(2)13-31(4)28-3/h10-14,17-18H,3,6-9H2,1-2,4-5H3/b15-13+/t17-,18-/m0/s1. The van der Waals surface area contributed by atoms with Gasteiger partial charge in [0.2, 0.25) is 0 Å². The van der Waals surface area contributed by atoms with Gasteiger partial charge in [0, 0.05) is 68.4 Å². The summed E-state index contributed by atoms with van der Waals surface area (Å²) in [6.07, 6.45) is 7.88. The summed E-state index contributed by atoms with van der Waals surface area (Å²) >= 11 is 6.69. The number of rotatable bonds is 6. The van der Waals surface area contributed by atoms with E-state index in [4.69, 9.17) is 20.8 Å². The maximum absolute atomic E-state index is 13.6. The Hall–Kier alpha value is -3.43. The van der Waals surface area contributed by atoms with Crippen molar-refractivity contribution in [1.29, 1.82) is 0 Å². The molecule has 0 saturated carbocycles. The van der Waals surface area contributed by atoms with Gasteiger partial charge in [-0.25, -0.2) is 4.79 Å². The summed E-state index contributed by atoms with van der Waals surface area (Å²) in [5.74, 6) is 0. The first-order valence-electron chi connectivity index (χ1n) is 12.0. The van der Waals surface area contributed by atoms with Gasteiger partial charge >= 0.3 is 5.69 Å². The summed E-state index contributed by atoms with van der Waals surface area (Å²) in [6.45, 7) is 8.11. The second kappa shape index (κ2) is 9.55. The highest BCUT2D eigenvalue weighted by molar-refractivity contribution is 6.34. The molecule has 1 aliphatic rings. The number of aryl methyl sites for hydroxylation is 1. The number of ether oxygens (including phenoxy) is 1. The molecule has 0 N–H and O–H groups in total. The van der Waals surface area contributed by atoms with Gasteiger partial charge in [-0.3, -0.25) is 14.3 Å². The van der Waals surface area contributed by atoms with Crippen molar-refractivity contribution in [2.24, 2.45) is 12.1 Å². The lowest BCUT2D eigenvalue weighted by Gasteiger charge is -2.30. The number of hydrogen-bond donors (Lipinski definition) is 0. The highest BCUT2D eigenvalue weighted by Gasteiger charge is 2.29. The molecule has 0 aliphatic carbocycles. The number of nitrogens with zero attached hydrogens (tertiary/aromatic N) is 6. The molecule has 1 fully saturated rings. The Morgan fingerprint density at radius 2 is 2.22 bits per heavy atom. The molecule has 0 radical (unpaired) electrons. The van der Waals surface area contributed by atoms with E-state index in [1.54, 1.807) is 39.8 Å². The molecule has 36 heavy (non-hydrogen) atoms. The summed E-state index contributed by atoms with van der Waals surface area (Å²) in [6, 6.07) is 3.72.